The molecule has 10 aromatic rings. The van der Waals surface area contributed by atoms with Gasteiger partial charge in [-0.15, -0.1) is 0 Å². The number of furan rings is 1. The third-order valence-electron chi connectivity index (χ3n) is 8.20. The van der Waals surface area contributed by atoms with E-state index in [1.54, 1.807) is 0 Å². The quantitative estimate of drug-likeness (QED) is 0.137. The van der Waals surface area contributed by atoms with Gasteiger partial charge in [-0.3, -0.25) is 0 Å². The lowest BCUT2D eigenvalue weighted by Crippen LogP contribution is -1.92. The van der Waals surface area contributed by atoms with Gasteiger partial charge < -0.3 is 4.42 Å². The molecule has 228 valence electrons. The summed E-state index contributed by atoms with van der Waals surface area (Å²) in [4.78, 5) is 0. The van der Waals surface area contributed by atoms with Crippen LogP contribution in [0.3, 0.4) is 0 Å². The summed E-state index contributed by atoms with van der Waals surface area (Å²) in [5.74, 6) is -0.678. The molecule has 1 heterocycles. The number of hydrogen-bond donors (Lipinski definition) is 0. The predicted octanol–water partition coefficient (Wildman–Crippen LogP) is 13.7. The molecule has 0 N–H and O–H groups in total. The third-order valence-corrected chi connectivity index (χ3v) is 8.20. The molecule has 0 aliphatic heterocycles. The summed E-state index contributed by atoms with van der Waals surface area (Å²) in [7, 11) is 0. The van der Waals surface area contributed by atoms with Crippen molar-refractivity contribution in [2.24, 2.45) is 0 Å². The molecular weight excluding hydrogens is 593 g/mol. The lowest BCUT2D eigenvalue weighted by Gasteiger charge is -2.18. The zero-order valence-electron chi connectivity index (χ0n) is 51.6. The summed E-state index contributed by atoms with van der Waals surface area (Å²) in [5.41, 5.74) is -3.96. The first-order valence-corrected chi connectivity index (χ1v) is 14.6. The van der Waals surface area contributed by atoms with Gasteiger partial charge in [0.15, 0.2) is 0 Å². The van der Waals surface area contributed by atoms with E-state index in [1.165, 1.54) is 18.2 Å². The highest BCUT2D eigenvalue weighted by Gasteiger charge is 2.25. The van der Waals surface area contributed by atoms with E-state index in [0.29, 0.717) is 0 Å². The van der Waals surface area contributed by atoms with Crippen LogP contribution in [0.15, 0.2) is 186 Å². The maximum atomic E-state index is 9.66. The van der Waals surface area contributed by atoms with Crippen LogP contribution in [0.5, 0.6) is 0 Å². The molecule has 0 aliphatic carbocycles. The maximum Gasteiger partial charge on any atom is 0.143 e. The van der Waals surface area contributed by atoms with Crippen molar-refractivity contribution in [1.82, 2.24) is 0 Å². The van der Waals surface area contributed by atoms with Gasteiger partial charge >= 0.3 is 0 Å². The van der Waals surface area contributed by atoms with Crippen LogP contribution in [-0.2, 0) is 0 Å². The van der Waals surface area contributed by atoms with Crippen molar-refractivity contribution in [1.29, 1.82) is 0 Å². The van der Waals surface area contributed by atoms with E-state index in [-0.39, 0.29) is 22.1 Å². The molecule has 0 saturated heterocycles. The number of rotatable bonds is 4. The number of hydrogen-bond acceptors (Lipinski definition) is 1. The highest BCUT2D eigenvalue weighted by molar-refractivity contribution is 6.26. The Labute approximate surface area is 322 Å². The average molecular weight is 650 g/mol. The average Bonchev–Trinajstić information content (AvgIpc) is 3.90. The summed E-state index contributed by atoms with van der Waals surface area (Å²) in [6, 6.07) is -19.8. The monoisotopic (exact) mass is 649 g/mol. The van der Waals surface area contributed by atoms with Gasteiger partial charge in [0, 0.05) is 22.1 Å². The molecule has 0 spiro atoms. The van der Waals surface area contributed by atoms with Crippen LogP contribution < -0.4 is 0 Å². The van der Waals surface area contributed by atoms with Gasteiger partial charge in [0.1, 0.15) is 11.3 Å². The maximum absolute atomic E-state index is 9.66. The predicted molar refractivity (Wildman–Crippen MR) is 208 cm³/mol. The van der Waals surface area contributed by atoms with Crippen LogP contribution >= 0.6 is 0 Å². The zero-order valence-corrected chi connectivity index (χ0v) is 24.6. The number of benzene rings is 9. The van der Waals surface area contributed by atoms with Crippen LogP contribution in [0.1, 0.15) is 37.0 Å². The molecule has 0 fully saturated rings. The Bertz CT molecular complexity index is 4290. The van der Waals surface area contributed by atoms with Crippen LogP contribution in [0.4, 0.5) is 0 Å². The minimum Gasteiger partial charge on any atom is -0.455 e. The normalized spacial score (nSPS) is 19.4. The van der Waals surface area contributed by atoms with E-state index < -0.39 is 240 Å². The number of fused-ring (bicyclic) bond motifs is 6. The molecular formula is C48H30O. The third kappa shape index (κ3) is 4.33. The first-order valence-electron chi connectivity index (χ1n) is 28.1. The summed E-state index contributed by atoms with van der Waals surface area (Å²) in [5, 5.41) is -5.09. The van der Waals surface area contributed by atoms with Crippen molar-refractivity contribution in [3.8, 4) is 44.7 Å². The first-order chi connectivity index (χ1) is 35.5. The molecule has 0 amide bonds. The molecule has 0 atom stereocenters. The molecule has 1 heteroatoms. The Morgan fingerprint density at radius 1 is 0.347 bits per heavy atom. The van der Waals surface area contributed by atoms with Crippen molar-refractivity contribution in [3.05, 3.63) is 181 Å². The van der Waals surface area contributed by atoms with E-state index in [0.717, 1.165) is 0 Å². The minimum atomic E-state index is -0.966. The Hall–Kier alpha value is -6.44. The van der Waals surface area contributed by atoms with Crippen molar-refractivity contribution in [3.63, 3.8) is 0 Å². The van der Waals surface area contributed by atoms with Gasteiger partial charge in [-0.25, -0.2) is 0 Å². The smallest absolute Gasteiger partial charge is 0.143 e. The van der Waals surface area contributed by atoms with Gasteiger partial charge in [0.25, 0.3) is 0 Å². The fraction of sp³-hybridized carbons (Fsp3) is 0. The van der Waals surface area contributed by atoms with Crippen molar-refractivity contribution < 1.29 is 41.4 Å². The minimum absolute atomic E-state index is 0.137. The second-order valence-electron chi connectivity index (χ2n) is 10.8. The summed E-state index contributed by atoms with van der Waals surface area (Å²) < 4.78 is 249. The van der Waals surface area contributed by atoms with Crippen LogP contribution in [0, 0.1) is 0 Å². The van der Waals surface area contributed by atoms with Crippen molar-refractivity contribution in [2.75, 3.05) is 0 Å². The van der Waals surface area contributed by atoms with E-state index in [4.69, 9.17) is 29.1 Å². The molecule has 10 rings (SSSR count). The summed E-state index contributed by atoms with van der Waals surface area (Å²) in [6.45, 7) is 0. The SMILES string of the molecule is [2H]c1c([2H])c([2H])c(-c2ccc3oc(-c4c([2H])c([2H])c([2H])c5c4c([2H])c([2H])c4c([2H])c([2H])c([2H])c([2H])c45)c(-c4c5c([2H])c([2H])c([2H])c([2H])c5c(-c5c([2H])c([2H])c([2H])c([2H])c5[2H])c5c([2H])c([2H])c([2H])c([2H])c45)c3c2)c([2H])c1[2H]. The molecule has 0 saturated carbocycles. The molecule has 0 aliphatic rings. The Morgan fingerprint density at radius 2 is 0.918 bits per heavy atom. The van der Waals surface area contributed by atoms with E-state index in [1.807, 2.05) is 0 Å². The second-order valence-corrected chi connectivity index (χ2v) is 10.8. The Kier molecular flexibility index (Phi) is 2.69. The van der Waals surface area contributed by atoms with Gasteiger partial charge in [-0.2, -0.15) is 0 Å². The lowest BCUT2D eigenvalue weighted by molar-refractivity contribution is 0.633. The molecule has 1 nitrogen and oxygen atoms in total. The Morgan fingerprint density at radius 3 is 1.61 bits per heavy atom. The summed E-state index contributed by atoms with van der Waals surface area (Å²) >= 11 is 0. The standard InChI is InChI=1S/C48H30O/c1-3-14-31(15-4-1)34-27-29-44-43(30-34)47(48(49-44)42-25-13-24-36-35-19-8-7-16-32(35)26-28-37(36)42)46-40-22-11-9-20-38(40)45(33-17-5-2-6-18-33)39-21-10-12-23-41(39)46/h1-30H/i1D,2D,3D,4D,5D,6D,7D,8D,9D,10D,11D,12D,13D,14D,15D,16D,17D,18D,19D,20D,21D,22D,23D,24D,25D,26D,28D. The van der Waals surface area contributed by atoms with E-state index >= 15 is 0 Å². The molecule has 9 aromatic carbocycles. The van der Waals surface area contributed by atoms with E-state index in [9.17, 15) is 12.3 Å². The molecule has 0 bridgehead atoms. The molecule has 0 radical (unpaired) electrons. The zero-order chi connectivity index (χ0) is 55.8. The highest BCUT2D eigenvalue weighted by atomic mass is 16.3. The fourth-order valence-corrected chi connectivity index (χ4v) is 6.18. The van der Waals surface area contributed by atoms with Crippen LogP contribution in [0.2, 0.25) is 0 Å². The highest BCUT2D eigenvalue weighted by Crippen LogP contribution is 2.51. The largest absolute Gasteiger partial charge is 0.455 e. The molecule has 1 aromatic heterocycles. The van der Waals surface area contributed by atoms with Gasteiger partial charge in [-0.1, -0.05) is 169 Å². The van der Waals surface area contributed by atoms with Crippen LogP contribution in [-0.4, -0.2) is 0 Å². The molecule has 49 heavy (non-hydrogen) atoms. The first kappa shape index (κ1) is 11.9. The van der Waals surface area contributed by atoms with Crippen molar-refractivity contribution in [2.45, 2.75) is 0 Å². The van der Waals surface area contributed by atoms with Crippen LogP contribution in [0.25, 0.3) is 98.8 Å². The van der Waals surface area contributed by atoms with E-state index in [2.05, 4.69) is 0 Å². The van der Waals surface area contributed by atoms with Crippen molar-refractivity contribution >= 4 is 54.1 Å². The van der Waals surface area contributed by atoms with Gasteiger partial charge in [-0.05, 0) is 77.5 Å². The van der Waals surface area contributed by atoms with Gasteiger partial charge in [0.05, 0.1) is 37.0 Å². The molecule has 0 unspecified atom stereocenters. The Balaban J connectivity index is 1.58. The fourth-order valence-electron chi connectivity index (χ4n) is 6.18. The topological polar surface area (TPSA) is 13.1 Å². The second kappa shape index (κ2) is 11.1. The van der Waals surface area contributed by atoms with Gasteiger partial charge in [0.2, 0.25) is 0 Å². The summed E-state index contributed by atoms with van der Waals surface area (Å²) in [6.07, 6.45) is 0. The lowest BCUT2D eigenvalue weighted by atomic mass is 9.84.